The maximum atomic E-state index is 12.7. The van der Waals surface area contributed by atoms with Gasteiger partial charge in [-0.25, -0.2) is 8.42 Å². The van der Waals surface area contributed by atoms with Gasteiger partial charge in [0.05, 0.1) is 24.0 Å². The van der Waals surface area contributed by atoms with E-state index in [9.17, 15) is 13.2 Å². The second-order valence-electron chi connectivity index (χ2n) is 6.52. The van der Waals surface area contributed by atoms with E-state index in [0.717, 1.165) is 6.42 Å². The van der Waals surface area contributed by atoms with Crippen LogP contribution in [0.1, 0.15) is 44.0 Å². The van der Waals surface area contributed by atoms with Crippen molar-refractivity contribution in [3.63, 3.8) is 0 Å². The molecular formula is C21H27ClN2O5S. The zero-order chi connectivity index (χ0) is 22.1. The van der Waals surface area contributed by atoms with Crippen LogP contribution in [0.15, 0.2) is 36.4 Å². The lowest BCUT2D eigenvalue weighted by Gasteiger charge is -2.15. The highest BCUT2D eigenvalue weighted by molar-refractivity contribution is 7.92. The third-order valence-electron chi connectivity index (χ3n) is 3.91. The molecule has 0 saturated carbocycles. The number of hydrogen-bond acceptors (Lipinski definition) is 5. The molecule has 0 unspecified atom stereocenters. The number of hydrogen-bond donors (Lipinski definition) is 2. The van der Waals surface area contributed by atoms with Crippen molar-refractivity contribution in [2.24, 2.45) is 0 Å². The summed E-state index contributed by atoms with van der Waals surface area (Å²) in [7, 11) is -3.37. The number of carbonyl (C=O) groups is 1. The normalized spacial score (nSPS) is 11.1. The molecule has 0 radical (unpaired) electrons. The Bertz CT molecular complexity index is 962. The number of rotatable bonds is 11. The summed E-state index contributed by atoms with van der Waals surface area (Å²) in [5, 5.41) is 3.05. The van der Waals surface area contributed by atoms with E-state index in [4.69, 9.17) is 21.1 Å². The van der Waals surface area contributed by atoms with Gasteiger partial charge in [0.2, 0.25) is 10.0 Å². The third-order valence-corrected chi connectivity index (χ3v) is 5.68. The number of sulfonamides is 1. The van der Waals surface area contributed by atoms with Gasteiger partial charge in [-0.3, -0.25) is 9.52 Å². The smallest absolute Gasteiger partial charge is 0.255 e. The molecule has 0 aliphatic rings. The van der Waals surface area contributed by atoms with Crippen molar-refractivity contribution in [3.8, 4) is 11.5 Å². The zero-order valence-corrected chi connectivity index (χ0v) is 18.9. The molecule has 0 bridgehead atoms. The largest absolute Gasteiger partial charge is 0.490 e. The van der Waals surface area contributed by atoms with E-state index >= 15 is 0 Å². The van der Waals surface area contributed by atoms with Gasteiger partial charge in [-0.15, -0.1) is 0 Å². The minimum atomic E-state index is -3.37. The molecule has 0 fully saturated rings. The molecule has 0 atom stereocenters. The predicted octanol–water partition coefficient (Wildman–Crippen LogP) is 4.93. The molecule has 2 aromatic rings. The number of halogens is 1. The minimum absolute atomic E-state index is 0.0480. The van der Waals surface area contributed by atoms with Crippen molar-refractivity contribution < 1.29 is 22.7 Å². The first-order chi connectivity index (χ1) is 14.3. The van der Waals surface area contributed by atoms with Gasteiger partial charge < -0.3 is 14.8 Å². The van der Waals surface area contributed by atoms with E-state index in [1.54, 1.807) is 37.3 Å². The zero-order valence-electron chi connectivity index (χ0n) is 17.3. The highest BCUT2D eigenvalue weighted by Gasteiger charge is 2.17. The van der Waals surface area contributed by atoms with Crippen LogP contribution in [0, 0.1) is 0 Å². The molecular weight excluding hydrogens is 428 g/mol. The fourth-order valence-electron chi connectivity index (χ4n) is 2.63. The maximum Gasteiger partial charge on any atom is 0.255 e. The molecule has 0 aliphatic carbocycles. The molecule has 1 amide bonds. The lowest BCUT2D eigenvalue weighted by molar-refractivity contribution is 0.102. The lowest BCUT2D eigenvalue weighted by atomic mass is 10.1. The van der Waals surface area contributed by atoms with Crippen LogP contribution < -0.4 is 19.5 Å². The fraction of sp³-hybridized carbons (Fsp3) is 0.381. The molecule has 2 aromatic carbocycles. The summed E-state index contributed by atoms with van der Waals surface area (Å²) in [5.74, 6) is 0.496. The summed E-state index contributed by atoms with van der Waals surface area (Å²) in [6.07, 6.45) is 1.34. The summed E-state index contributed by atoms with van der Waals surface area (Å²) in [6, 6.07) is 9.52. The number of anilines is 2. The Morgan fingerprint density at radius 1 is 1.00 bits per heavy atom. The Kier molecular flexibility index (Phi) is 8.80. The van der Waals surface area contributed by atoms with E-state index in [2.05, 4.69) is 10.0 Å². The first-order valence-electron chi connectivity index (χ1n) is 9.80. The minimum Gasteiger partial charge on any atom is -0.490 e. The van der Waals surface area contributed by atoms with Gasteiger partial charge in [0.15, 0.2) is 11.5 Å². The summed E-state index contributed by atoms with van der Waals surface area (Å²) >= 11 is 6.31. The van der Waals surface area contributed by atoms with Crippen molar-refractivity contribution in [2.75, 3.05) is 29.0 Å². The average Bonchev–Trinajstić information content (AvgIpc) is 2.68. The Hall–Kier alpha value is -2.45. The maximum absolute atomic E-state index is 12.7. The molecule has 0 spiro atoms. The predicted molar refractivity (Wildman–Crippen MR) is 121 cm³/mol. The Morgan fingerprint density at radius 3 is 2.27 bits per heavy atom. The molecule has 0 saturated heterocycles. The van der Waals surface area contributed by atoms with Gasteiger partial charge in [0.25, 0.3) is 5.91 Å². The van der Waals surface area contributed by atoms with E-state index in [1.807, 2.05) is 13.8 Å². The van der Waals surface area contributed by atoms with Gasteiger partial charge in [-0.1, -0.05) is 25.4 Å². The van der Waals surface area contributed by atoms with Crippen LogP contribution in [0.4, 0.5) is 11.4 Å². The number of carbonyl (C=O) groups excluding carboxylic acids is 1. The van der Waals surface area contributed by atoms with Crippen LogP contribution in [-0.4, -0.2) is 33.3 Å². The topological polar surface area (TPSA) is 93.7 Å². The number of amides is 1. The van der Waals surface area contributed by atoms with Crippen LogP contribution in [-0.2, 0) is 10.0 Å². The Labute approximate surface area is 182 Å². The molecule has 9 heteroatoms. The summed E-state index contributed by atoms with van der Waals surface area (Å²) in [6.45, 7) is 6.50. The first kappa shape index (κ1) is 23.8. The third kappa shape index (κ3) is 6.81. The van der Waals surface area contributed by atoms with Crippen molar-refractivity contribution >= 4 is 38.9 Å². The number of benzene rings is 2. The summed E-state index contributed by atoms with van der Waals surface area (Å²) in [4.78, 5) is 12.7. The molecule has 2 N–H and O–H groups in total. The van der Waals surface area contributed by atoms with Crippen LogP contribution in [0.25, 0.3) is 0 Å². The van der Waals surface area contributed by atoms with Crippen molar-refractivity contribution in [2.45, 2.75) is 33.6 Å². The van der Waals surface area contributed by atoms with E-state index in [0.29, 0.717) is 53.1 Å². The second-order valence-corrected chi connectivity index (χ2v) is 8.77. The summed E-state index contributed by atoms with van der Waals surface area (Å²) < 4.78 is 37.4. The molecule has 164 valence electrons. The molecule has 0 heterocycles. The highest BCUT2D eigenvalue weighted by atomic mass is 35.5. The number of nitrogens with one attached hydrogen (secondary N) is 2. The van der Waals surface area contributed by atoms with Crippen molar-refractivity contribution in [1.82, 2.24) is 0 Å². The Morgan fingerprint density at radius 2 is 1.67 bits per heavy atom. The van der Waals surface area contributed by atoms with Gasteiger partial charge in [-0.2, -0.15) is 0 Å². The molecule has 0 aromatic heterocycles. The molecule has 0 aliphatic heterocycles. The SMILES string of the molecule is CCCOc1c(Cl)cc(C(=O)Nc2ccc(NS(=O)(=O)CCC)cc2)cc1OCC. The van der Waals surface area contributed by atoms with E-state index < -0.39 is 10.0 Å². The molecule has 30 heavy (non-hydrogen) atoms. The molecule has 2 rings (SSSR count). The van der Waals surface area contributed by atoms with Crippen LogP contribution in [0.2, 0.25) is 5.02 Å². The summed E-state index contributed by atoms with van der Waals surface area (Å²) in [5.41, 5.74) is 1.26. The van der Waals surface area contributed by atoms with Crippen molar-refractivity contribution in [1.29, 1.82) is 0 Å². The van der Waals surface area contributed by atoms with Crippen molar-refractivity contribution in [3.05, 3.63) is 47.0 Å². The second kappa shape index (κ2) is 11.1. The van der Waals surface area contributed by atoms with E-state index in [1.165, 1.54) is 6.07 Å². The fourth-order valence-corrected chi connectivity index (χ4v) is 4.03. The van der Waals surface area contributed by atoms with Gasteiger partial charge in [-0.05, 0) is 56.2 Å². The number of ether oxygens (including phenoxy) is 2. The van der Waals surface area contributed by atoms with Crippen LogP contribution in [0.5, 0.6) is 11.5 Å². The standard InChI is InChI=1S/C21H27ClN2O5S/c1-4-11-29-20-18(22)13-15(14-19(20)28-6-3)21(25)23-16-7-9-17(10-8-16)24-30(26,27)12-5-2/h7-10,13-14,24H,4-6,11-12H2,1-3H3,(H,23,25). The Balaban J connectivity index is 2.15. The van der Waals surface area contributed by atoms with Gasteiger partial charge >= 0.3 is 0 Å². The molecule has 7 nitrogen and oxygen atoms in total. The first-order valence-corrected chi connectivity index (χ1v) is 11.8. The highest BCUT2D eigenvalue weighted by Crippen LogP contribution is 2.37. The van der Waals surface area contributed by atoms with Crippen LogP contribution in [0.3, 0.4) is 0 Å². The van der Waals surface area contributed by atoms with Crippen LogP contribution >= 0.6 is 11.6 Å². The van der Waals surface area contributed by atoms with Gasteiger partial charge in [0, 0.05) is 16.9 Å². The average molecular weight is 455 g/mol. The monoisotopic (exact) mass is 454 g/mol. The van der Waals surface area contributed by atoms with Gasteiger partial charge in [0.1, 0.15) is 0 Å². The lowest BCUT2D eigenvalue weighted by Crippen LogP contribution is -2.16. The quantitative estimate of drug-likeness (QED) is 0.502. The van der Waals surface area contributed by atoms with E-state index in [-0.39, 0.29) is 11.7 Å².